The molecular weight excluding hydrogens is 366 g/mol. The van der Waals surface area contributed by atoms with Gasteiger partial charge < -0.3 is 0 Å². The lowest BCUT2D eigenvalue weighted by Crippen LogP contribution is -2.46. The minimum absolute atomic E-state index is 0.773. The third-order valence-corrected chi connectivity index (χ3v) is 6.67. The highest BCUT2D eigenvalue weighted by molar-refractivity contribution is 5.55. The molecule has 0 aromatic heterocycles. The lowest BCUT2D eigenvalue weighted by molar-refractivity contribution is 0.181. The molecule has 0 saturated heterocycles. The highest BCUT2D eigenvalue weighted by Gasteiger charge is 2.20. The first-order valence-corrected chi connectivity index (χ1v) is 12.8. The summed E-state index contributed by atoms with van der Waals surface area (Å²) in [7, 11) is 0. The van der Waals surface area contributed by atoms with E-state index >= 15 is 0 Å². The van der Waals surface area contributed by atoms with Crippen molar-refractivity contribution in [2.75, 3.05) is 24.8 Å². The molecule has 1 aromatic carbocycles. The highest BCUT2D eigenvalue weighted by Crippen LogP contribution is 2.25. The van der Waals surface area contributed by atoms with Crippen LogP contribution in [-0.4, -0.2) is 24.7 Å². The van der Waals surface area contributed by atoms with Gasteiger partial charge in [-0.05, 0) is 55.2 Å². The summed E-state index contributed by atoms with van der Waals surface area (Å²) in [5.41, 5.74) is 3.99. The van der Waals surface area contributed by atoms with Crippen LogP contribution in [0.1, 0.15) is 104 Å². The van der Waals surface area contributed by atoms with Crippen molar-refractivity contribution in [1.29, 1.82) is 0 Å². The fourth-order valence-electron chi connectivity index (χ4n) is 4.58. The molecular formula is C27H51N3. The molecule has 0 radical (unpaired) electrons. The summed E-state index contributed by atoms with van der Waals surface area (Å²) in [5, 5.41) is 2.02. The largest absolute Gasteiger partial charge is 0.296 e. The number of benzene rings is 1. The van der Waals surface area contributed by atoms with Gasteiger partial charge in [0.15, 0.2) is 0 Å². The average Bonchev–Trinajstić information content (AvgIpc) is 2.75. The fourth-order valence-corrected chi connectivity index (χ4v) is 4.58. The number of rotatable bonds is 17. The molecule has 174 valence electrons. The SMILES string of the molecule is CCCCC(CC)CN(CC(CC)CCCC)CN(N)c1cccc(C)c1CCC. The van der Waals surface area contributed by atoms with Gasteiger partial charge in [-0.1, -0.05) is 91.7 Å². The van der Waals surface area contributed by atoms with Crippen LogP contribution >= 0.6 is 0 Å². The Morgan fingerprint density at radius 2 is 1.40 bits per heavy atom. The van der Waals surface area contributed by atoms with Crippen LogP contribution in [0, 0.1) is 18.8 Å². The van der Waals surface area contributed by atoms with Crippen molar-refractivity contribution >= 4 is 5.69 Å². The van der Waals surface area contributed by atoms with Gasteiger partial charge in [-0.3, -0.25) is 9.91 Å². The van der Waals surface area contributed by atoms with E-state index in [1.807, 2.05) is 5.01 Å². The zero-order valence-corrected chi connectivity index (χ0v) is 21.1. The summed E-state index contributed by atoms with van der Waals surface area (Å²) >= 11 is 0. The van der Waals surface area contributed by atoms with Crippen molar-refractivity contribution in [3.8, 4) is 0 Å². The molecule has 0 aliphatic heterocycles. The van der Waals surface area contributed by atoms with E-state index in [4.69, 9.17) is 5.84 Å². The lowest BCUT2D eigenvalue weighted by Gasteiger charge is -2.35. The number of anilines is 1. The van der Waals surface area contributed by atoms with Crippen LogP contribution in [0.15, 0.2) is 18.2 Å². The molecule has 2 atom stereocenters. The molecule has 0 amide bonds. The van der Waals surface area contributed by atoms with Gasteiger partial charge in [0.05, 0.1) is 12.4 Å². The van der Waals surface area contributed by atoms with Crippen molar-refractivity contribution in [2.24, 2.45) is 17.7 Å². The summed E-state index contributed by atoms with van der Waals surface area (Å²) in [5.74, 6) is 8.27. The Kier molecular flexibility index (Phi) is 14.1. The zero-order valence-electron chi connectivity index (χ0n) is 21.1. The first kappa shape index (κ1) is 27.0. The number of hydrogen-bond donors (Lipinski definition) is 1. The second-order valence-corrected chi connectivity index (χ2v) is 9.30. The van der Waals surface area contributed by atoms with E-state index in [1.54, 1.807) is 0 Å². The van der Waals surface area contributed by atoms with Gasteiger partial charge in [-0.25, -0.2) is 5.84 Å². The molecule has 0 aliphatic rings. The zero-order chi connectivity index (χ0) is 22.4. The van der Waals surface area contributed by atoms with Crippen LogP contribution in [0.3, 0.4) is 0 Å². The summed E-state index contributed by atoms with van der Waals surface area (Å²) in [6, 6.07) is 6.58. The number of unbranched alkanes of at least 4 members (excludes halogenated alkanes) is 2. The lowest BCUT2D eigenvalue weighted by atomic mass is 9.96. The quantitative estimate of drug-likeness (QED) is 0.164. The topological polar surface area (TPSA) is 32.5 Å². The van der Waals surface area contributed by atoms with Crippen molar-refractivity contribution in [1.82, 2.24) is 4.90 Å². The molecule has 30 heavy (non-hydrogen) atoms. The maximum atomic E-state index is 6.72. The molecule has 0 aliphatic carbocycles. The number of nitrogens with zero attached hydrogens (tertiary/aromatic N) is 2. The molecule has 0 saturated carbocycles. The van der Waals surface area contributed by atoms with Gasteiger partial charge in [-0.15, -0.1) is 0 Å². The molecule has 0 spiro atoms. The number of aryl methyl sites for hydroxylation is 1. The van der Waals surface area contributed by atoms with E-state index in [1.165, 1.54) is 81.3 Å². The Morgan fingerprint density at radius 3 is 1.87 bits per heavy atom. The molecule has 3 heteroatoms. The standard InChI is InChI=1S/C27H51N3/c1-7-12-17-24(10-4)20-29(21-25(11-5)18-13-8-2)22-30(28)27-19-14-16-23(6)26(27)15-9-3/h14,16,19,24-25H,7-13,15,17-18,20-22,28H2,1-6H3. The van der Waals surface area contributed by atoms with Crippen LogP contribution in [0.2, 0.25) is 0 Å². The van der Waals surface area contributed by atoms with E-state index in [-0.39, 0.29) is 0 Å². The van der Waals surface area contributed by atoms with Gasteiger partial charge in [-0.2, -0.15) is 0 Å². The van der Waals surface area contributed by atoms with Crippen molar-refractivity contribution < 1.29 is 0 Å². The first-order valence-electron chi connectivity index (χ1n) is 12.8. The van der Waals surface area contributed by atoms with E-state index in [2.05, 4.69) is 64.6 Å². The van der Waals surface area contributed by atoms with Gasteiger partial charge in [0, 0.05) is 13.1 Å². The third kappa shape index (κ3) is 9.39. The molecule has 0 fully saturated rings. The Labute approximate surface area is 188 Å². The van der Waals surface area contributed by atoms with Crippen LogP contribution in [-0.2, 0) is 6.42 Å². The molecule has 0 bridgehead atoms. The Bertz CT molecular complexity index is 539. The molecule has 1 rings (SSSR count). The van der Waals surface area contributed by atoms with Crippen LogP contribution < -0.4 is 10.9 Å². The van der Waals surface area contributed by atoms with E-state index in [9.17, 15) is 0 Å². The second kappa shape index (κ2) is 15.7. The second-order valence-electron chi connectivity index (χ2n) is 9.30. The van der Waals surface area contributed by atoms with E-state index < -0.39 is 0 Å². The molecule has 2 N–H and O–H groups in total. The third-order valence-electron chi connectivity index (χ3n) is 6.67. The monoisotopic (exact) mass is 417 g/mol. The molecule has 2 unspecified atom stereocenters. The average molecular weight is 418 g/mol. The minimum atomic E-state index is 0.773. The highest BCUT2D eigenvalue weighted by atomic mass is 15.5. The molecule has 0 heterocycles. The van der Waals surface area contributed by atoms with E-state index in [0.29, 0.717) is 0 Å². The maximum absolute atomic E-state index is 6.72. The summed E-state index contributed by atoms with van der Waals surface area (Å²) < 4.78 is 0. The number of nitrogens with two attached hydrogens (primary N) is 1. The fraction of sp³-hybridized carbons (Fsp3) is 0.778. The van der Waals surface area contributed by atoms with Gasteiger partial charge in [0.2, 0.25) is 0 Å². The van der Waals surface area contributed by atoms with E-state index in [0.717, 1.165) is 31.3 Å². The smallest absolute Gasteiger partial charge is 0.0861 e. The molecule has 3 nitrogen and oxygen atoms in total. The van der Waals surface area contributed by atoms with Crippen molar-refractivity contribution in [2.45, 2.75) is 106 Å². The van der Waals surface area contributed by atoms with Crippen molar-refractivity contribution in [3.05, 3.63) is 29.3 Å². The first-order chi connectivity index (χ1) is 14.5. The maximum Gasteiger partial charge on any atom is 0.0861 e. The number of hydrazine groups is 1. The number of hydrogen-bond acceptors (Lipinski definition) is 3. The Balaban J connectivity index is 2.98. The van der Waals surface area contributed by atoms with Crippen molar-refractivity contribution in [3.63, 3.8) is 0 Å². The normalized spacial score (nSPS) is 13.6. The summed E-state index contributed by atoms with van der Waals surface area (Å²) in [4.78, 5) is 2.66. The predicted molar refractivity (Wildman–Crippen MR) is 135 cm³/mol. The Hall–Kier alpha value is -1.06. The Morgan fingerprint density at radius 1 is 0.833 bits per heavy atom. The summed E-state index contributed by atoms with van der Waals surface area (Å²) in [6.07, 6.45) is 12.7. The van der Waals surface area contributed by atoms with Crippen LogP contribution in [0.25, 0.3) is 0 Å². The minimum Gasteiger partial charge on any atom is -0.296 e. The summed E-state index contributed by atoms with van der Waals surface area (Å²) in [6.45, 7) is 16.9. The van der Waals surface area contributed by atoms with Gasteiger partial charge >= 0.3 is 0 Å². The van der Waals surface area contributed by atoms with Crippen LogP contribution in [0.5, 0.6) is 0 Å². The van der Waals surface area contributed by atoms with Gasteiger partial charge in [0.1, 0.15) is 0 Å². The molecule has 1 aromatic rings. The van der Waals surface area contributed by atoms with Gasteiger partial charge in [0.25, 0.3) is 0 Å². The van der Waals surface area contributed by atoms with Crippen LogP contribution in [0.4, 0.5) is 5.69 Å². The predicted octanol–water partition coefficient (Wildman–Crippen LogP) is 7.32.